The van der Waals surface area contributed by atoms with Crippen molar-refractivity contribution in [2.75, 3.05) is 44.4 Å². The predicted molar refractivity (Wildman–Crippen MR) is 106 cm³/mol. The molecule has 2 fully saturated rings. The Morgan fingerprint density at radius 2 is 1.36 bits per heavy atom. The van der Waals surface area contributed by atoms with Crippen LogP contribution in [0, 0.1) is 6.92 Å². The predicted octanol–water partition coefficient (Wildman–Crippen LogP) is 2.42. The fraction of sp³-hybridized carbons (Fsp3) is 0.455. The molecule has 6 heteroatoms. The summed E-state index contributed by atoms with van der Waals surface area (Å²) in [5.74, 6) is 1.47. The van der Waals surface area contributed by atoms with E-state index in [1.54, 1.807) is 0 Å². The van der Waals surface area contributed by atoms with Crippen LogP contribution >= 0.6 is 0 Å². The molecule has 0 spiro atoms. The van der Waals surface area contributed by atoms with Crippen LogP contribution in [0.3, 0.4) is 0 Å². The lowest BCUT2D eigenvalue weighted by molar-refractivity contribution is 0.0626. The first-order valence-electron chi connectivity index (χ1n) is 9.74. The van der Waals surface area contributed by atoms with Gasteiger partial charge in [-0.1, -0.05) is 17.7 Å². The Bertz CT molecular complexity index is 727. The highest BCUT2D eigenvalue weighted by Gasteiger charge is 2.30. The average Bonchev–Trinajstić information content (AvgIpc) is 3.62. The van der Waals surface area contributed by atoms with Crippen LogP contribution in [0.15, 0.2) is 48.5 Å². The fourth-order valence-electron chi connectivity index (χ4n) is 2.94. The van der Waals surface area contributed by atoms with Crippen molar-refractivity contribution in [2.24, 2.45) is 0 Å². The molecule has 28 heavy (non-hydrogen) atoms. The van der Waals surface area contributed by atoms with Gasteiger partial charge >= 0.3 is 0 Å². The maximum atomic E-state index is 10.1. The van der Waals surface area contributed by atoms with Crippen molar-refractivity contribution >= 4 is 5.69 Å². The van der Waals surface area contributed by atoms with E-state index < -0.39 is 6.10 Å². The van der Waals surface area contributed by atoms with Gasteiger partial charge in [0.05, 0.1) is 25.4 Å². The van der Waals surface area contributed by atoms with Gasteiger partial charge in [0, 0.05) is 18.8 Å². The zero-order chi connectivity index (χ0) is 19.3. The molecule has 1 N–H and O–H groups in total. The quantitative estimate of drug-likeness (QED) is 0.599. The van der Waals surface area contributed by atoms with E-state index in [0.717, 1.165) is 43.5 Å². The van der Waals surface area contributed by atoms with Crippen molar-refractivity contribution < 1.29 is 24.1 Å². The summed E-state index contributed by atoms with van der Waals surface area (Å²) in [6.07, 6.45) is -0.0341. The second kappa shape index (κ2) is 8.82. The lowest BCUT2D eigenvalue weighted by Crippen LogP contribution is -2.31. The van der Waals surface area contributed by atoms with Crippen LogP contribution in [0.4, 0.5) is 5.69 Å². The third-order valence-corrected chi connectivity index (χ3v) is 4.76. The van der Waals surface area contributed by atoms with Gasteiger partial charge in [-0.15, -0.1) is 0 Å². The molecule has 0 aliphatic carbocycles. The zero-order valence-electron chi connectivity index (χ0n) is 16.1. The SMILES string of the molecule is Cc1ccc(OCC(O)COc2ccc(N(CC3CO3)CC3CO3)cc2)cc1. The van der Waals surface area contributed by atoms with Gasteiger partial charge in [0.25, 0.3) is 0 Å². The summed E-state index contributed by atoms with van der Waals surface area (Å²) in [5, 5.41) is 10.1. The molecule has 0 aromatic heterocycles. The molecule has 2 aliphatic heterocycles. The fourth-order valence-corrected chi connectivity index (χ4v) is 2.94. The number of benzene rings is 2. The van der Waals surface area contributed by atoms with Gasteiger partial charge in [0.2, 0.25) is 0 Å². The molecule has 2 heterocycles. The number of nitrogens with zero attached hydrogens (tertiary/aromatic N) is 1. The maximum absolute atomic E-state index is 10.1. The summed E-state index contributed by atoms with van der Waals surface area (Å²) in [6.45, 7) is 5.84. The van der Waals surface area contributed by atoms with Crippen molar-refractivity contribution in [1.29, 1.82) is 0 Å². The number of rotatable bonds is 11. The van der Waals surface area contributed by atoms with Crippen molar-refractivity contribution in [3.8, 4) is 11.5 Å². The Kier molecular flexibility index (Phi) is 6.00. The van der Waals surface area contributed by atoms with Crippen LogP contribution in [-0.4, -0.2) is 62.9 Å². The van der Waals surface area contributed by atoms with E-state index in [0.29, 0.717) is 12.2 Å². The Morgan fingerprint density at radius 3 is 1.82 bits per heavy atom. The number of ether oxygens (including phenoxy) is 4. The monoisotopic (exact) mass is 385 g/mol. The minimum absolute atomic E-state index is 0.181. The summed E-state index contributed by atoms with van der Waals surface area (Å²) in [7, 11) is 0. The normalized spacial score (nSPS) is 21.1. The van der Waals surface area contributed by atoms with Gasteiger partial charge in [-0.05, 0) is 43.3 Å². The topological polar surface area (TPSA) is 67.0 Å². The largest absolute Gasteiger partial charge is 0.491 e. The van der Waals surface area contributed by atoms with Crippen LogP contribution in [0.1, 0.15) is 5.56 Å². The standard InChI is InChI=1S/C22H27NO5/c1-16-2-6-19(7-3-16)25-12-18(24)13-26-20-8-4-17(5-9-20)23(10-21-14-27-21)11-22-15-28-22/h2-9,18,21-22,24H,10-15H2,1H3. The first-order valence-corrected chi connectivity index (χ1v) is 9.74. The summed E-state index contributed by atoms with van der Waals surface area (Å²) < 4.78 is 22.0. The van der Waals surface area contributed by atoms with Crippen LogP contribution < -0.4 is 14.4 Å². The van der Waals surface area contributed by atoms with Gasteiger partial charge in [-0.2, -0.15) is 0 Å². The number of aliphatic hydroxyl groups excluding tert-OH is 1. The van der Waals surface area contributed by atoms with E-state index >= 15 is 0 Å². The maximum Gasteiger partial charge on any atom is 0.122 e. The van der Waals surface area contributed by atoms with Crippen LogP contribution in [0.2, 0.25) is 0 Å². The number of aryl methyl sites for hydroxylation is 1. The number of epoxide rings is 2. The number of aliphatic hydroxyl groups is 1. The molecule has 0 saturated carbocycles. The molecule has 150 valence electrons. The van der Waals surface area contributed by atoms with Crippen molar-refractivity contribution in [1.82, 2.24) is 0 Å². The molecule has 6 nitrogen and oxygen atoms in total. The van der Waals surface area contributed by atoms with Gasteiger partial charge in [0.1, 0.15) is 30.8 Å². The molecular weight excluding hydrogens is 358 g/mol. The van der Waals surface area contributed by atoms with Crippen molar-refractivity contribution in [3.05, 3.63) is 54.1 Å². The zero-order valence-corrected chi connectivity index (χ0v) is 16.1. The first-order chi connectivity index (χ1) is 13.7. The van der Waals surface area contributed by atoms with E-state index in [2.05, 4.69) is 4.90 Å². The summed E-state index contributed by atoms with van der Waals surface area (Å²) >= 11 is 0. The summed E-state index contributed by atoms with van der Waals surface area (Å²) in [4.78, 5) is 2.30. The van der Waals surface area contributed by atoms with Crippen LogP contribution in [0.5, 0.6) is 11.5 Å². The summed E-state index contributed by atoms with van der Waals surface area (Å²) in [5.41, 5.74) is 2.30. The van der Waals surface area contributed by atoms with Gasteiger partial charge in [-0.25, -0.2) is 0 Å². The number of hydrogen-bond acceptors (Lipinski definition) is 6. The van der Waals surface area contributed by atoms with Crippen molar-refractivity contribution in [3.63, 3.8) is 0 Å². The smallest absolute Gasteiger partial charge is 0.122 e. The third-order valence-electron chi connectivity index (χ3n) is 4.76. The lowest BCUT2D eigenvalue weighted by atomic mass is 10.2. The molecule has 4 rings (SSSR count). The van der Waals surface area contributed by atoms with Gasteiger partial charge in [-0.3, -0.25) is 0 Å². The molecule has 2 aliphatic rings. The first kappa shape index (κ1) is 19.1. The molecule has 3 unspecified atom stereocenters. The van der Waals surface area contributed by atoms with E-state index in [1.165, 1.54) is 5.56 Å². The second-order valence-electron chi connectivity index (χ2n) is 7.40. The molecule has 2 saturated heterocycles. The van der Waals surface area contributed by atoms with Gasteiger partial charge in [0.15, 0.2) is 0 Å². The van der Waals surface area contributed by atoms with E-state index in [4.69, 9.17) is 18.9 Å². The molecular formula is C22H27NO5. The second-order valence-corrected chi connectivity index (χ2v) is 7.40. The molecule has 2 aromatic carbocycles. The molecule has 2 aromatic rings. The Morgan fingerprint density at radius 1 is 0.893 bits per heavy atom. The molecule has 0 amide bonds. The highest BCUT2D eigenvalue weighted by Crippen LogP contribution is 2.24. The van der Waals surface area contributed by atoms with Crippen molar-refractivity contribution in [2.45, 2.75) is 25.2 Å². The highest BCUT2D eigenvalue weighted by molar-refractivity contribution is 5.49. The number of anilines is 1. The Labute approximate surface area is 165 Å². The van der Waals surface area contributed by atoms with E-state index in [1.807, 2.05) is 55.5 Å². The Balaban J connectivity index is 1.23. The average molecular weight is 385 g/mol. The molecule has 0 radical (unpaired) electrons. The minimum atomic E-state index is -0.698. The third kappa shape index (κ3) is 5.86. The molecule has 0 bridgehead atoms. The number of hydrogen-bond donors (Lipinski definition) is 1. The Hall–Kier alpha value is -2.28. The van der Waals surface area contributed by atoms with E-state index in [-0.39, 0.29) is 13.2 Å². The lowest BCUT2D eigenvalue weighted by Gasteiger charge is -2.23. The van der Waals surface area contributed by atoms with Crippen LogP contribution in [0.25, 0.3) is 0 Å². The van der Waals surface area contributed by atoms with E-state index in [9.17, 15) is 5.11 Å². The van der Waals surface area contributed by atoms with Crippen LogP contribution in [-0.2, 0) is 9.47 Å². The highest BCUT2D eigenvalue weighted by atomic mass is 16.6. The minimum Gasteiger partial charge on any atom is -0.491 e. The molecule has 3 atom stereocenters. The summed E-state index contributed by atoms with van der Waals surface area (Å²) in [6, 6.07) is 15.7. The van der Waals surface area contributed by atoms with Gasteiger partial charge < -0.3 is 29.0 Å².